The van der Waals surface area contributed by atoms with E-state index in [1.807, 2.05) is 0 Å². The Morgan fingerprint density at radius 3 is 2.68 bits per heavy atom. The van der Waals surface area contributed by atoms with E-state index in [-0.39, 0.29) is 0 Å². The lowest BCUT2D eigenvalue weighted by atomic mass is 9.78. The third kappa shape index (κ3) is 3.13. The fourth-order valence-corrected chi connectivity index (χ4v) is 3.99. The molecule has 2 heterocycles. The number of nitrogens with one attached hydrogen (secondary N) is 1. The van der Waals surface area contributed by atoms with Crippen molar-refractivity contribution in [2.75, 3.05) is 26.2 Å². The van der Waals surface area contributed by atoms with Gasteiger partial charge < -0.3 is 10.2 Å². The molecule has 3 aliphatic rings. The van der Waals surface area contributed by atoms with Crippen LogP contribution in [0.15, 0.2) is 0 Å². The number of nitrogens with zero attached hydrogens (tertiary/aromatic N) is 1. The number of hydrogen-bond acceptors (Lipinski definition) is 2. The zero-order chi connectivity index (χ0) is 13.1. The average molecular weight is 264 g/mol. The van der Waals surface area contributed by atoms with Crippen LogP contribution in [0.3, 0.4) is 0 Å². The van der Waals surface area contributed by atoms with E-state index in [9.17, 15) is 4.79 Å². The van der Waals surface area contributed by atoms with E-state index in [1.165, 1.54) is 44.9 Å². The van der Waals surface area contributed by atoms with Gasteiger partial charge in [-0.15, -0.1) is 0 Å². The van der Waals surface area contributed by atoms with Crippen molar-refractivity contribution in [2.45, 2.75) is 57.8 Å². The number of likely N-dealkylation sites (tertiary alicyclic amines) is 1. The molecule has 0 unspecified atom stereocenters. The van der Waals surface area contributed by atoms with Gasteiger partial charge in [0.15, 0.2) is 0 Å². The molecular weight excluding hydrogens is 236 g/mol. The summed E-state index contributed by atoms with van der Waals surface area (Å²) >= 11 is 0. The van der Waals surface area contributed by atoms with Crippen molar-refractivity contribution in [2.24, 2.45) is 11.3 Å². The van der Waals surface area contributed by atoms with E-state index in [1.54, 1.807) is 0 Å². The van der Waals surface area contributed by atoms with Gasteiger partial charge in [-0.2, -0.15) is 0 Å². The number of hydrogen-bond donors (Lipinski definition) is 1. The minimum atomic E-state index is 0.426. The van der Waals surface area contributed by atoms with Crippen LogP contribution in [0.2, 0.25) is 0 Å². The van der Waals surface area contributed by atoms with E-state index >= 15 is 0 Å². The minimum absolute atomic E-state index is 0.426. The lowest BCUT2D eigenvalue weighted by Gasteiger charge is -2.33. The summed E-state index contributed by atoms with van der Waals surface area (Å²) in [7, 11) is 0. The van der Waals surface area contributed by atoms with Crippen LogP contribution in [0.25, 0.3) is 0 Å². The molecule has 0 bridgehead atoms. The summed E-state index contributed by atoms with van der Waals surface area (Å²) in [5.41, 5.74) is 0.467. The first kappa shape index (κ1) is 13.4. The van der Waals surface area contributed by atoms with Gasteiger partial charge in [0.05, 0.1) is 0 Å². The second-order valence-corrected chi connectivity index (χ2v) is 7.00. The largest absolute Gasteiger partial charge is 0.342 e. The molecule has 3 fully saturated rings. The Balaban J connectivity index is 1.40. The highest BCUT2D eigenvalue weighted by molar-refractivity contribution is 5.76. The van der Waals surface area contributed by atoms with Crippen molar-refractivity contribution in [1.29, 1.82) is 0 Å². The topological polar surface area (TPSA) is 32.3 Å². The van der Waals surface area contributed by atoms with Crippen LogP contribution in [0.1, 0.15) is 57.8 Å². The number of rotatable bonds is 4. The molecule has 3 rings (SSSR count). The zero-order valence-electron chi connectivity index (χ0n) is 12.1. The maximum absolute atomic E-state index is 12.3. The molecule has 0 aromatic rings. The Hall–Kier alpha value is -0.570. The maximum atomic E-state index is 12.3. The third-order valence-corrected chi connectivity index (χ3v) is 5.68. The molecule has 0 aromatic heterocycles. The molecule has 19 heavy (non-hydrogen) atoms. The van der Waals surface area contributed by atoms with Gasteiger partial charge in [-0.1, -0.05) is 19.3 Å². The zero-order valence-corrected chi connectivity index (χ0v) is 12.1. The third-order valence-electron chi connectivity index (χ3n) is 5.68. The van der Waals surface area contributed by atoms with E-state index in [0.717, 1.165) is 44.9 Å². The molecule has 2 aliphatic heterocycles. The summed E-state index contributed by atoms with van der Waals surface area (Å²) in [6.07, 6.45) is 11.2. The highest BCUT2D eigenvalue weighted by Gasteiger charge is 2.40. The molecule has 0 aromatic carbocycles. The smallest absolute Gasteiger partial charge is 0.222 e. The summed E-state index contributed by atoms with van der Waals surface area (Å²) < 4.78 is 0. The molecule has 3 nitrogen and oxygen atoms in total. The Kier molecular flexibility index (Phi) is 4.11. The SMILES string of the molecule is O=C(CCCC1CCC1)N1CCC2(CCNCC2)C1. The summed E-state index contributed by atoms with van der Waals surface area (Å²) in [5.74, 6) is 1.37. The first-order valence-corrected chi connectivity index (χ1v) is 8.26. The number of amides is 1. The quantitative estimate of drug-likeness (QED) is 0.846. The van der Waals surface area contributed by atoms with E-state index in [4.69, 9.17) is 0 Å². The molecule has 3 heteroatoms. The van der Waals surface area contributed by atoms with Gasteiger partial charge in [0.25, 0.3) is 0 Å². The normalized spacial score (nSPS) is 26.6. The fraction of sp³-hybridized carbons (Fsp3) is 0.938. The van der Waals surface area contributed by atoms with Gasteiger partial charge in [-0.05, 0) is 56.5 Å². The standard InChI is InChI=1S/C16H28N2O/c19-15(6-2-5-14-3-1-4-14)18-12-9-16(13-18)7-10-17-11-8-16/h14,17H,1-13H2. The molecule has 1 saturated carbocycles. The molecule has 0 radical (unpaired) electrons. The van der Waals surface area contributed by atoms with Gasteiger partial charge in [-0.25, -0.2) is 0 Å². The Labute approximate surface area is 117 Å². The molecule has 0 atom stereocenters. The van der Waals surface area contributed by atoms with Crippen molar-refractivity contribution in [3.8, 4) is 0 Å². The van der Waals surface area contributed by atoms with E-state index < -0.39 is 0 Å². The molecule has 1 amide bonds. The summed E-state index contributed by atoms with van der Waals surface area (Å²) in [5, 5.41) is 3.44. The number of carbonyl (C=O) groups excluding carboxylic acids is 1. The van der Waals surface area contributed by atoms with Crippen molar-refractivity contribution in [3.05, 3.63) is 0 Å². The fourth-order valence-electron chi connectivity index (χ4n) is 3.99. The van der Waals surface area contributed by atoms with Crippen LogP contribution < -0.4 is 5.32 Å². The van der Waals surface area contributed by atoms with Crippen LogP contribution in [0.4, 0.5) is 0 Å². The van der Waals surface area contributed by atoms with Crippen LogP contribution in [0.5, 0.6) is 0 Å². The molecule has 1 aliphatic carbocycles. The lowest BCUT2D eigenvalue weighted by molar-refractivity contribution is -0.130. The van der Waals surface area contributed by atoms with Crippen LogP contribution in [-0.4, -0.2) is 37.0 Å². The number of carbonyl (C=O) groups is 1. The summed E-state index contributed by atoms with van der Waals surface area (Å²) in [4.78, 5) is 14.4. The maximum Gasteiger partial charge on any atom is 0.222 e. The van der Waals surface area contributed by atoms with Crippen molar-refractivity contribution >= 4 is 5.91 Å². The van der Waals surface area contributed by atoms with Crippen LogP contribution in [-0.2, 0) is 4.79 Å². The van der Waals surface area contributed by atoms with Gasteiger partial charge in [0.1, 0.15) is 0 Å². The monoisotopic (exact) mass is 264 g/mol. The van der Waals surface area contributed by atoms with Gasteiger partial charge in [0, 0.05) is 19.5 Å². The van der Waals surface area contributed by atoms with Crippen molar-refractivity contribution in [1.82, 2.24) is 10.2 Å². The number of piperidine rings is 1. The molecule has 2 saturated heterocycles. The highest BCUT2D eigenvalue weighted by atomic mass is 16.2. The Morgan fingerprint density at radius 2 is 2.00 bits per heavy atom. The van der Waals surface area contributed by atoms with Crippen molar-refractivity contribution in [3.63, 3.8) is 0 Å². The summed E-state index contributed by atoms with van der Waals surface area (Å²) in [6, 6.07) is 0. The Morgan fingerprint density at radius 1 is 1.21 bits per heavy atom. The molecule has 1 N–H and O–H groups in total. The van der Waals surface area contributed by atoms with Gasteiger partial charge in [-0.3, -0.25) is 4.79 Å². The van der Waals surface area contributed by atoms with E-state index in [2.05, 4.69) is 10.2 Å². The molecular formula is C16H28N2O. The lowest BCUT2D eigenvalue weighted by Crippen LogP contribution is -2.39. The molecule has 108 valence electrons. The minimum Gasteiger partial charge on any atom is -0.342 e. The predicted octanol–water partition coefficient (Wildman–Crippen LogP) is 2.56. The summed E-state index contributed by atoms with van der Waals surface area (Å²) in [6.45, 7) is 4.34. The average Bonchev–Trinajstić information content (AvgIpc) is 2.77. The van der Waals surface area contributed by atoms with Crippen LogP contribution >= 0.6 is 0 Å². The van der Waals surface area contributed by atoms with Gasteiger partial charge in [0.2, 0.25) is 5.91 Å². The second kappa shape index (κ2) is 5.82. The Bertz CT molecular complexity index is 319. The predicted molar refractivity (Wildman–Crippen MR) is 76.9 cm³/mol. The first-order chi connectivity index (χ1) is 9.27. The highest BCUT2D eigenvalue weighted by Crippen LogP contribution is 2.39. The van der Waals surface area contributed by atoms with E-state index in [0.29, 0.717) is 11.3 Å². The van der Waals surface area contributed by atoms with Crippen LogP contribution in [0, 0.1) is 11.3 Å². The van der Waals surface area contributed by atoms with Gasteiger partial charge >= 0.3 is 0 Å². The second-order valence-electron chi connectivity index (χ2n) is 7.00. The molecule has 1 spiro atoms. The van der Waals surface area contributed by atoms with Crippen molar-refractivity contribution < 1.29 is 4.79 Å². The first-order valence-electron chi connectivity index (χ1n) is 8.26.